The smallest absolute Gasteiger partial charge is 0.279 e. The van der Waals surface area contributed by atoms with Crippen LogP contribution in [-0.2, 0) is 17.8 Å². The number of methoxy groups -OCH3 is 2. The van der Waals surface area contributed by atoms with Gasteiger partial charge in [0, 0.05) is 18.1 Å². The average molecular weight is 414 g/mol. The minimum atomic E-state index is 0.00976. The Morgan fingerprint density at radius 2 is 1.83 bits per heavy atom. The third-order valence-corrected chi connectivity index (χ3v) is 5.97. The molecule has 160 valence electrons. The Hall–Kier alpha value is -2.77. The maximum absolute atomic E-state index is 12.5. The fourth-order valence-corrected chi connectivity index (χ4v) is 4.27. The molecule has 7 heteroatoms. The number of hydrogen-bond acceptors (Lipinski definition) is 4. The molecule has 1 amide bonds. The Bertz CT molecular complexity index is 894. The summed E-state index contributed by atoms with van der Waals surface area (Å²) in [4.78, 5) is 15.5. The normalized spacial score (nSPS) is 20.2. The molecule has 2 aromatic rings. The van der Waals surface area contributed by atoms with E-state index in [1.54, 1.807) is 25.2 Å². The van der Waals surface area contributed by atoms with Crippen molar-refractivity contribution in [1.82, 2.24) is 0 Å². The minimum absolute atomic E-state index is 0.00976. The van der Waals surface area contributed by atoms with E-state index < -0.39 is 0 Å². The summed E-state index contributed by atoms with van der Waals surface area (Å²) in [5, 5.41) is 2.98. The minimum Gasteiger partial charge on any atom is -0.497 e. The van der Waals surface area contributed by atoms with E-state index in [1.165, 1.54) is 16.0 Å². The Balaban J connectivity index is 1.25. The quantitative estimate of drug-likeness (QED) is 0.576. The van der Waals surface area contributed by atoms with Crippen LogP contribution in [0.3, 0.4) is 0 Å². The highest BCUT2D eigenvalue weighted by Gasteiger charge is 2.25. The van der Waals surface area contributed by atoms with E-state index in [9.17, 15) is 4.79 Å². The molecule has 1 saturated heterocycles. The lowest BCUT2D eigenvalue weighted by molar-refractivity contribution is -1.02. The van der Waals surface area contributed by atoms with Crippen LogP contribution in [0.5, 0.6) is 17.2 Å². The highest BCUT2D eigenvalue weighted by molar-refractivity contribution is 5.93. The van der Waals surface area contributed by atoms with Crippen LogP contribution in [0, 0.1) is 0 Å². The summed E-state index contributed by atoms with van der Waals surface area (Å²) >= 11 is 0. The molecule has 4 rings (SSSR count). The van der Waals surface area contributed by atoms with Crippen LogP contribution in [0.15, 0.2) is 36.4 Å². The molecule has 0 saturated carbocycles. The van der Waals surface area contributed by atoms with Crippen LogP contribution >= 0.6 is 0 Å². The maximum Gasteiger partial charge on any atom is 0.279 e. The molecule has 3 N–H and O–H groups in total. The van der Waals surface area contributed by atoms with E-state index in [-0.39, 0.29) is 5.91 Å². The lowest BCUT2D eigenvalue weighted by Gasteiger charge is -2.29. The number of ether oxygens (including phenoxy) is 3. The third-order valence-electron chi connectivity index (χ3n) is 5.97. The van der Waals surface area contributed by atoms with E-state index >= 15 is 0 Å². The lowest BCUT2D eigenvalue weighted by Crippen LogP contribution is -3.28. The van der Waals surface area contributed by atoms with Crippen molar-refractivity contribution in [2.45, 2.75) is 13.0 Å². The van der Waals surface area contributed by atoms with Gasteiger partial charge in [0.2, 0.25) is 0 Å². The van der Waals surface area contributed by atoms with Gasteiger partial charge in [0.05, 0.1) is 26.5 Å². The molecule has 2 aliphatic heterocycles. The number of carbonyl (C=O) groups excluding carboxylic acids is 1. The number of rotatable bonds is 7. The molecule has 1 fully saturated rings. The Kier molecular flexibility index (Phi) is 6.40. The van der Waals surface area contributed by atoms with Crippen LogP contribution in [0.25, 0.3) is 0 Å². The summed E-state index contributed by atoms with van der Waals surface area (Å²) < 4.78 is 16.2. The lowest BCUT2D eigenvalue weighted by atomic mass is 10.1. The van der Waals surface area contributed by atoms with Gasteiger partial charge in [-0.1, -0.05) is 0 Å². The molecule has 0 aliphatic carbocycles. The number of amides is 1. The number of carbonyl (C=O) groups is 1. The number of piperazine rings is 1. The molecule has 0 bridgehead atoms. The van der Waals surface area contributed by atoms with Crippen molar-refractivity contribution in [3.05, 3.63) is 47.5 Å². The second-order valence-corrected chi connectivity index (χ2v) is 8.01. The van der Waals surface area contributed by atoms with Crippen LogP contribution in [0.1, 0.15) is 11.1 Å². The largest absolute Gasteiger partial charge is 0.497 e. The van der Waals surface area contributed by atoms with Gasteiger partial charge in [-0.05, 0) is 35.9 Å². The first-order valence-corrected chi connectivity index (χ1v) is 10.6. The predicted octanol–water partition coefficient (Wildman–Crippen LogP) is -0.439. The van der Waals surface area contributed by atoms with Gasteiger partial charge in [-0.3, -0.25) is 4.79 Å². The summed E-state index contributed by atoms with van der Waals surface area (Å²) in [6.45, 7) is 6.45. The van der Waals surface area contributed by atoms with Gasteiger partial charge >= 0.3 is 0 Å². The average Bonchev–Trinajstić information content (AvgIpc) is 3.23. The van der Waals surface area contributed by atoms with Gasteiger partial charge in [0.1, 0.15) is 50.0 Å². The van der Waals surface area contributed by atoms with Crippen molar-refractivity contribution in [2.24, 2.45) is 0 Å². The summed E-state index contributed by atoms with van der Waals surface area (Å²) in [5.74, 6) is 2.36. The zero-order chi connectivity index (χ0) is 20.9. The SMILES string of the molecule is COc1ccc(NC(=O)C[NH+]2CC[NH+](Cc3ccc4c(c3)CCO4)CC2)c(OC)c1. The first kappa shape index (κ1) is 20.5. The third kappa shape index (κ3) is 4.86. The van der Waals surface area contributed by atoms with Gasteiger partial charge in [-0.2, -0.15) is 0 Å². The van der Waals surface area contributed by atoms with Gasteiger partial charge in [-0.25, -0.2) is 0 Å². The van der Waals surface area contributed by atoms with E-state index in [0.29, 0.717) is 23.7 Å². The number of nitrogens with one attached hydrogen (secondary N) is 3. The molecule has 2 aromatic carbocycles. The van der Waals surface area contributed by atoms with Crippen molar-refractivity contribution < 1.29 is 28.8 Å². The number of quaternary nitrogens is 2. The molecule has 30 heavy (non-hydrogen) atoms. The van der Waals surface area contributed by atoms with Crippen molar-refractivity contribution in [3.63, 3.8) is 0 Å². The fraction of sp³-hybridized carbons (Fsp3) is 0.435. The first-order valence-electron chi connectivity index (χ1n) is 10.6. The molecular weight excluding hydrogens is 382 g/mol. The second kappa shape index (κ2) is 9.36. The predicted molar refractivity (Wildman–Crippen MR) is 114 cm³/mol. The summed E-state index contributed by atoms with van der Waals surface area (Å²) in [5.41, 5.74) is 3.39. The van der Waals surface area contributed by atoms with E-state index in [1.807, 2.05) is 12.1 Å². The zero-order valence-electron chi connectivity index (χ0n) is 17.8. The molecule has 0 radical (unpaired) electrons. The van der Waals surface area contributed by atoms with Gasteiger partial charge < -0.3 is 29.3 Å². The van der Waals surface area contributed by atoms with E-state index in [2.05, 4.69) is 23.5 Å². The molecule has 7 nitrogen and oxygen atoms in total. The van der Waals surface area contributed by atoms with Crippen molar-refractivity contribution in [1.29, 1.82) is 0 Å². The number of benzene rings is 2. The van der Waals surface area contributed by atoms with Crippen molar-refractivity contribution in [3.8, 4) is 17.2 Å². The molecule has 0 spiro atoms. The number of fused-ring (bicyclic) bond motifs is 1. The monoisotopic (exact) mass is 413 g/mol. The highest BCUT2D eigenvalue weighted by atomic mass is 16.5. The Labute approximate surface area is 177 Å². The van der Waals surface area contributed by atoms with Crippen LogP contribution < -0.4 is 29.3 Å². The molecular formula is C23H31N3O4+2. The maximum atomic E-state index is 12.5. The van der Waals surface area contributed by atoms with Gasteiger partial charge in [0.15, 0.2) is 6.54 Å². The number of anilines is 1. The van der Waals surface area contributed by atoms with Crippen molar-refractivity contribution >= 4 is 11.6 Å². The molecule has 0 atom stereocenters. The van der Waals surface area contributed by atoms with Gasteiger partial charge in [0.25, 0.3) is 5.91 Å². The molecule has 2 heterocycles. The summed E-state index contributed by atoms with van der Waals surface area (Å²) in [7, 11) is 3.20. The second-order valence-electron chi connectivity index (χ2n) is 8.01. The van der Waals surface area contributed by atoms with E-state index in [0.717, 1.165) is 51.5 Å². The Morgan fingerprint density at radius 1 is 1.03 bits per heavy atom. The first-order chi connectivity index (χ1) is 14.6. The molecule has 2 aliphatic rings. The van der Waals surface area contributed by atoms with Crippen LogP contribution in [0.4, 0.5) is 5.69 Å². The van der Waals surface area contributed by atoms with Crippen LogP contribution in [-0.4, -0.2) is 59.5 Å². The fourth-order valence-electron chi connectivity index (χ4n) is 4.27. The summed E-state index contributed by atoms with van der Waals surface area (Å²) in [6.07, 6.45) is 1.02. The molecule has 0 unspecified atom stereocenters. The standard InChI is InChI=1S/C23H29N3O4/c1-28-19-4-5-20(22(14-19)29-2)24-23(27)16-26-10-8-25(9-11-26)15-17-3-6-21-18(13-17)7-12-30-21/h3-6,13-14H,7-12,15-16H2,1-2H3,(H,24,27)/p+2. The van der Waals surface area contributed by atoms with E-state index in [4.69, 9.17) is 14.2 Å². The number of hydrogen-bond donors (Lipinski definition) is 3. The molecule has 0 aromatic heterocycles. The summed E-state index contributed by atoms with van der Waals surface area (Å²) in [6, 6.07) is 12.0. The topological polar surface area (TPSA) is 65.7 Å². The van der Waals surface area contributed by atoms with Crippen molar-refractivity contribution in [2.75, 3.05) is 58.9 Å². The Morgan fingerprint density at radius 3 is 2.60 bits per heavy atom. The van der Waals surface area contributed by atoms with Crippen LogP contribution in [0.2, 0.25) is 0 Å². The zero-order valence-corrected chi connectivity index (χ0v) is 17.8. The highest BCUT2D eigenvalue weighted by Crippen LogP contribution is 2.29. The van der Waals surface area contributed by atoms with Gasteiger partial charge in [-0.15, -0.1) is 0 Å².